The summed E-state index contributed by atoms with van der Waals surface area (Å²) in [6.07, 6.45) is 3.74. The lowest BCUT2D eigenvalue weighted by molar-refractivity contribution is -0.113. The number of nitrogens with two attached hydrogens (primary N) is 1. The number of carbonyl (C=O) groups is 2. The number of amides is 2. The van der Waals surface area contributed by atoms with Crippen molar-refractivity contribution in [2.24, 2.45) is 11.7 Å². The Balaban J connectivity index is 1.38. The molecule has 2 heterocycles. The Bertz CT molecular complexity index is 1200. The first-order chi connectivity index (χ1) is 16.9. The highest BCUT2D eigenvalue weighted by Crippen LogP contribution is 2.39. The number of aryl methyl sites for hydroxylation is 1. The van der Waals surface area contributed by atoms with Gasteiger partial charge in [0.25, 0.3) is 5.91 Å². The molecule has 0 radical (unpaired) electrons. The van der Waals surface area contributed by atoms with E-state index in [4.69, 9.17) is 10.5 Å². The minimum atomic E-state index is -0.486. The number of hydrogen-bond acceptors (Lipinski definition) is 7. The Morgan fingerprint density at radius 3 is 2.71 bits per heavy atom. The number of rotatable bonds is 10. The molecule has 2 amide bonds. The van der Waals surface area contributed by atoms with Gasteiger partial charge >= 0.3 is 0 Å². The zero-order chi connectivity index (χ0) is 24.9. The van der Waals surface area contributed by atoms with Crippen molar-refractivity contribution in [3.05, 3.63) is 51.7 Å². The van der Waals surface area contributed by atoms with Crippen LogP contribution in [0.5, 0.6) is 5.75 Å². The Morgan fingerprint density at radius 2 is 2.03 bits per heavy atom. The first-order valence-corrected chi connectivity index (χ1v) is 13.7. The predicted octanol–water partition coefficient (Wildman–Crippen LogP) is 4.46. The van der Waals surface area contributed by atoms with Crippen LogP contribution in [0.25, 0.3) is 0 Å². The Kier molecular flexibility index (Phi) is 8.12. The number of carbonyl (C=O) groups excluding carboxylic acids is 2. The van der Waals surface area contributed by atoms with Crippen LogP contribution in [0, 0.1) is 5.92 Å². The zero-order valence-corrected chi connectivity index (χ0v) is 21.9. The van der Waals surface area contributed by atoms with Crippen LogP contribution in [0.4, 0.5) is 5.00 Å². The maximum absolute atomic E-state index is 12.7. The van der Waals surface area contributed by atoms with Gasteiger partial charge in [0.15, 0.2) is 11.0 Å². The highest BCUT2D eigenvalue weighted by molar-refractivity contribution is 7.99. The van der Waals surface area contributed by atoms with Crippen LogP contribution in [0.3, 0.4) is 0 Å². The average Bonchev–Trinajstić information content (AvgIpc) is 3.41. The molecule has 1 atom stereocenters. The minimum absolute atomic E-state index is 0.147. The molecule has 186 valence electrons. The number of nitrogens with one attached hydrogen (secondary N) is 1. The summed E-state index contributed by atoms with van der Waals surface area (Å²) < 4.78 is 7.82. The first kappa shape index (κ1) is 25.2. The second-order valence-electron chi connectivity index (χ2n) is 8.69. The molecule has 0 aliphatic heterocycles. The van der Waals surface area contributed by atoms with Gasteiger partial charge in [0.05, 0.1) is 11.3 Å². The predicted molar refractivity (Wildman–Crippen MR) is 139 cm³/mol. The van der Waals surface area contributed by atoms with Gasteiger partial charge in [-0.15, -0.1) is 21.5 Å². The summed E-state index contributed by atoms with van der Waals surface area (Å²) >= 11 is 2.78. The van der Waals surface area contributed by atoms with Gasteiger partial charge in [0.1, 0.15) is 17.4 Å². The number of aromatic nitrogens is 3. The van der Waals surface area contributed by atoms with E-state index in [0.717, 1.165) is 41.9 Å². The summed E-state index contributed by atoms with van der Waals surface area (Å²) in [5.41, 5.74) is 8.39. The summed E-state index contributed by atoms with van der Waals surface area (Å²) in [4.78, 5) is 26.0. The average molecular weight is 514 g/mol. The lowest BCUT2D eigenvalue weighted by Crippen LogP contribution is -2.20. The fraction of sp³-hybridized carbons (Fsp3) is 0.440. The van der Waals surface area contributed by atoms with Crippen molar-refractivity contribution in [1.82, 2.24) is 14.8 Å². The number of fused-ring (bicyclic) bond motifs is 1. The van der Waals surface area contributed by atoms with Gasteiger partial charge < -0.3 is 20.4 Å². The number of ether oxygens (including phenoxy) is 1. The first-order valence-electron chi connectivity index (χ1n) is 11.9. The van der Waals surface area contributed by atoms with Gasteiger partial charge in [0.2, 0.25) is 5.91 Å². The molecule has 35 heavy (non-hydrogen) atoms. The number of primary amides is 1. The molecule has 0 spiro atoms. The molecule has 2 aromatic heterocycles. The Labute approximate surface area is 213 Å². The molecule has 3 N–H and O–H groups in total. The molecule has 1 aliphatic carbocycles. The molecule has 1 aromatic carbocycles. The summed E-state index contributed by atoms with van der Waals surface area (Å²) in [6.45, 7) is 7.27. The molecule has 0 fully saturated rings. The van der Waals surface area contributed by atoms with Crippen molar-refractivity contribution in [2.45, 2.75) is 64.8 Å². The molecule has 1 aliphatic rings. The molecule has 3 aromatic rings. The third kappa shape index (κ3) is 5.87. The third-order valence-corrected chi connectivity index (χ3v) is 8.29. The van der Waals surface area contributed by atoms with Crippen molar-refractivity contribution >= 4 is 39.9 Å². The highest BCUT2D eigenvalue weighted by Gasteiger charge is 2.27. The SMILES string of the molecule is CCc1ccc(OCc2nnc(SCC(=O)Nc3sc4c(c3C(N)=O)CCC(C)C4)n2CC)cc1. The summed E-state index contributed by atoms with van der Waals surface area (Å²) in [7, 11) is 0. The summed E-state index contributed by atoms with van der Waals surface area (Å²) in [5.74, 6) is 1.50. The largest absolute Gasteiger partial charge is 0.486 e. The second kappa shape index (κ2) is 11.3. The van der Waals surface area contributed by atoms with Gasteiger partial charge in [-0.25, -0.2) is 0 Å². The monoisotopic (exact) mass is 513 g/mol. The van der Waals surface area contributed by atoms with E-state index in [2.05, 4.69) is 29.4 Å². The molecule has 1 unspecified atom stereocenters. The Morgan fingerprint density at radius 1 is 1.26 bits per heavy atom. The van der Waals surface area contributed by atoms with Crippen molar-refractivity contribution < 1.29 is 14.3 Å². The molecule has 10 heteroatoms. The van der Waals surface area contributed by atoms with Crippen molar-refractivity contribution in [1.29, 1.82) is 0 Å². The molecular formula is C25H31N5O3S2. The summed E-state index contributed by atoms with van der Waals surface area (Å²) in [5, 5.41) is 12.6. The molecule has 0 saturated heterocycles. The van der Waals surface area contributed by atoms with Crippen molar-refractivity contribution in [3.8, 4) is 5.75 Å². The lowest BCUT2D eigenvalue weighted by atomic mass is 9.88. The van der Waals surface area contributed by atoms with Crippen LogP contribution >= 0.6 is 23.1 Å². The van der Waals surface area contributed by atoms with Crippen LogP contribution in [-0.4, -0.2) is 32.3 Å². The van der Waals surface area contributed by atoms with E-state index >= 15 is 0 Å². The number of benzene rings is 1. The van der Waals surface area contributed by atoms with Gasteiger partial charge in [0, 0.05) is 11.4 Å². The van der Waals surface area contributed by atoms with E-state index in [-0.39, 0.29) is 11.7 Å². The zero-order valence-electron chi connectivity index (χ0n) is 20.3. The van der Waals surface area contributed by atoms with Gasteiger partial charge in [-0.05, 0) is 61.8 Å². The topological polar surface area (TPSA) is 112 Å². The van der Waals surface area contributed by atoms with Crippen LogP contribution in [-0.2, 0) is 37.2 Å². The van der Waals surface area contributed by atoms with E-state index in [1.807, 2.05) is 35.8 Å². The van der Waals surface area contributed by atoms with Crippen molar-refractivity contribution in [2.75, 3.05) is 11.1 Å². The van der Waals surface area contributed by atoms with Crippen LogP contribution in [0.15, 0.2) is 29.4 Å². The van der Waals surface area contributed by atoms with Gasteiger partial charge in [-0.1, -0.05) is 37.7 Å². The molecule has 8 nitrogen and oxygen atoms in total. The number of hydrogen-bond donors (Lipinski definition) is 2. The fourth-order valence-corrected chi connectivity index (χ4v) is 6.47. The summed E-state index contributed by atoms with van der Waals surface area (Å²) in [6, 6.07) is 8.01. The normalized spacial score (nSPS) is 15.0. The molecule has 4 rings (SSSR count). The number of thiophene rings is 1. The standard InChI is InChI=1S/C25H31N5O3S2/c1-4-16-7-9-17(10-8-16)33-13-20-28-29-25(30(20)5-2)34-14-21(31)27-24-22(23(26)32)18-11-6-15(3)12-19(18)35-24/h7-10,15H,4-6,11-14H2,1-3H3,(H2,26,32)(H,27,31). The van der Waals surface area contributed by atoms with Crippen LogP contribution in [0.2, 0.25) is 0 Å². The van der Waals surface area contributed by atoms with E-state index < -0.39 is 5.91 Å². The number of thioether (sulfide) groups is 1. The molecular weight excluding hydrogens is 482 g/mol. The van der Waals surface area contributed by atoms with Crippen LogP contribution in [0.1, 0.15) is 59.4 Å². The fourth-order valence-electron chi connectivity index (χ4n) is 4.21. The minimum Gasteiger partial charge on any atom is -0.486 e. The smallest absolute Gasteiger partial charge is 0.251 e. The molecule has 0 saturated carbocycles. The van der Waals surface area contributed by atoms with E-state index in [9.17, 15) is 9.59 Å². The maximum Gasteiger partial charge on any atom is 0.251 e. The second-order valence-corrected chi connectivity index (χ2v) is 10.7. The molecule has 0 bridgehead atoms. The van der Waals surface area contributed by atoms with E-state index in [1.165, 1.54) is 28.7 Å². The quantitative estimate of drug-likeness (QED) is 0.387. The highest BCUT2D eigenvalue weighted by atomic mass is 32.2. The maximum atomic E-state index is 12.7. The third-order valence-electron chi connectivity index (χ3n) is 6.15. The van der Waals surface area contributed by atoms with Gasteiger partial charge in [-0.2, -0.15) is 0 Å². The van der Waals surface area contributed by atoms with Crippen molar-refractivity contribution in [3.63, 3.8) is 0 Å². The number of anilines is 1. The van der Waals surface area contributed by atoms with Crippen LogP contribution < -0.4 is 15.8 Å². The van der Waals surface area contributed by atoms with E-state index in [1.54, 1.807) is 0 Å². The Hall–Kier alpha value is -2.85. The number of nitrogens with zero attached hydrogens (tertiary/aromatic N) is 3. The van der Waals surface area contributed by atoms with Gasteiger partial charge in [-0.3, -0.25) is 9.59 Å². The van der Waals surface area contributed by atoms with E-state index in [0.29, 0.717) is 40.6 Å². The lowest BCUT2D eigenvalue weighted by Gasteiger charge is -2.18.